The highest BCUT2D eigenvalue weighted by molar-refractivity contribution is 5.80. The first-order chi connectivity index (χ1) is 11.1. The molecule has 0 radical (unpaired) electrons. The molecule has 1 unspecified atom stereocenters. The third-order valence-electron chi connectivity index (χ3n) is 3.14. The Morgan fingerprint density at radius 1 is 1.35 bits per heavy atom. The molecule has 2 aromatic rings. The second kappa shape index (κ2) is 8.07. The van der Waals surface area contributed by atoms with Gasteiger partial charge in [-0.05, 0) is 31.5 Å². The first-order valence-electron chi connectivity index (χ1n) is 7.29. The van der Waals surface area contributed by atoms with Gasteiger partial charge in [0.2, 0.25) is 0 Å². The maximum atomic E-state index is 13.4. The highest BCUT2D eigenvalue weighted by Crippen LogP contribution is 2.16. The first-order valence-corrected chi connectivity index (χ1v) is 7.29. The quantitative estimate of drug-likeness (QED) is 0.782. The van der Waals surface area contributed by atoms with E-state index in [2.05, 4.69) is 10.4 Å². The smallest absolute Gasteiger partial charge is 0.266 e. The van der Waals surface area contributed by atoms with Crippen LogP contribution in [-0.4, -0.2) is 28.3 Å². The van der Waals surface area contributed by atoms with E-state index in [1.54, 1.807) is 25.1 Å². The van der Waals surface area contributed by atoms with Crippen LogP contribution in [0.5, 0.6) is 5.75 Å². The molecule has 1 N–H and O–H groups in total. The molecule has 2 rings (SSSR count). The van der Waals surface area contributed by atoms with Crippen LogP contribution < -0.4 is 15.6 Å². The summed E-state index contributed by atoms with van der Waals surface area (Å²) in [5, 5.41) is 6.60. The zero-order chi connectivity index (χ0) is 16.7. The summed E-state index contributed by atoms with van der Waals surface area (Å²) in [4.78, 5) is 23.3. The Balaban J connectivity index is 1.75. The number of hydrogen-bond donors (Lipinski definition) is 1. The van der Waals surface area contributed by atoms with Crippen molar-refractivity contribution in [2.75, 3.05) is 6.54 Å². The number of amides is 1. The molecule has 1 aromatic carbocycles. The Hall–Kier alpha value is -2.70. The summed E-state index contributed by atoms with van der Waals surface area (Å²) in [6.07, 6.45) is 1.27. The SMILES string of the molecule is CC(Oc1ccccc1F)C(=O)NCCCn1ncccc1=O. The van der Waals surface area contributed by atoms with Crippen LogP contribution in [0.3, 0.4) is 0 Å². The van der Waals surface area contributed by atoms with Crippen LogP contribution in [0.4, 0.5) is 4.39 Å². The van der Waals surface area contributed by atoms with Crippen molar-refractivity contribution in [2.24, 2.45) is 0 Å². The molecule has 0 saturated heterocycles. The number of nitrogens with one attached hydrogen (secondary N) is 1. The van der Waals surface area contributed by atoms with Gasteiger partial charge in [-0.2, -0.15) is 5.10 Å². The average molecular weight is 319 g/mol. The lowest BCUT2D eigenvalue weighted by Crippen LogP contribution is -2.37. The monoisotopic (exact) mass is 319 g/mol. The third kappa shape index (κ3) is 4.91. The summed E-state index contributed by atoms with van der Waals surface area (Å²) >= 11 is 0. The van der Waals surface area contributed by atoms with Crippen molar-refractivity contribution in [3.63, 3.8) is 0 Å². The highest BCUT2D eigenvalue weighted by atomic mass is 19.1. The fourth-order valence-corrected chi connectivity index (χ4v) is 1.92. The van der Waals surface area contributed by atoms with E-state index in [0.717, 1.165) is 0 Å². The van der Waals surface area contributed by atoms with Gasteiger partial charge in [0.15, 0.2) is 17.7 Å². The zero-order valence-electron chi connectivity index (χ0n) is 12.7. The van der Waals surface area contributed by atoms with Gasteiger partial charge in [-0.15, -0.1) is 0 Å². The van der Waals surface area contributed by atoms with Crippen molar-refractivity contribution < 1.29 is 13.9 Å². The fraction of sp³-hybridized carbons (Fsp3) is 0.312. The predicted molar refractivity (Wildman–Crippen MR) is 82.6 cm³/mol. The van der Waals surface area contributed by atoms with E-state index >= 15 is 0 Å². The second-order valence-electron chi connectivity index (χ2n) is 4.92. The van der Waals surface area contributed by atoms with Crippen LogP contribution in [0, 0.1) is 5.82 Å². The summed E-state index contributed by atoms with van der Waals surface area (Å²) in [5.74, 6) is -0.821. The topological polar surface area (TPSA) is 73.2 Å². The molecule has 122 valence electrons. The molecule has 1 heterocycles. The lowest BCUT2D eigenvalue weighted by atomic mass is 10.3. The van der Waals surface area contributed by atoms with Crippen molar-refractivity contribution in [3.8, 4) is 5.75 Å². The third-order valence-corrected chi connectivity index (χ3v) is 3.14. The van der Waals surface area contributed by atoms with E-state index in [0.29, 0.717) is 19.5 Å². The molecular formula is C16H18FN3O3. The molecule has 23 heavy (non-hydrogen) atoms. The van der Waals surface area contributed by atoms with E-state index < -0.39 is 11.9 Å². The summed E-state index contributed by atoms with van der Waals surface area (Å²) in [5.41, 5.74) is -0.185. The Labute approximate surface area is 132 Å². The Morgan fingerprint density at radius 3 is 2.87 bits per heavy atom. The van der Waals surface area contributed by atoms with Gasteiger partial charge in [-0.3, -0.25) is 9.59 Å². The molecule has 1 amide bonds. The number of para-hydroxylation sites is 1. The van der Waals surface area contributed by atoms with Gasteiger partial charge in [-0.25, -0.2) is 9.07 Å². The summed E-state index contributed by atoms with van der Waals surface area (Å²) in [6.45, 7) is 2.32. The van der Waals surface area contributed by atoms with E-state index in [-0.39, 0.29) is 17.2 Å². The van der Waals surface area contributed by atoms with Crippen LogP contribution in [0.15, 0.2) is 47.4 Å². The van der Waals surface area contributed by atoms with Gasteiger partial charge in [-0.1, -0.05) is 12.1 Å². The number of carbonyl (C=O) groups excluding carboxylic acids is 1. The molecule has 1 atom stereocenters. The van der Waals surface area contributed by atoms with Crippen LogP contribution in [-0.2, 0) is 11.3 Å². The minimum absolute atomic E-state index is 0.0372. The number of hydrogen-bond acceptors (Lipinski definition) is 4. The number of ether oxygens (including phenoxy) is 1. The Kier molecular flexibility index (Phi) is 5.85. The fourth-order valence-electron chi connectivity index (χ4n) is 1.92. The minimum atomic E-state index is -0.815. The first kappa shape index (κ1) is 16.7. The molecule has 7 heteroatoms. The predicted octanol–water partition coefficient (Wildman–Crippen LogP) is 1.36. The van der Waals surface area contributed by atoms with Crippen LogP contribution in [0.25, 0.3) is 0 Å². The minimum Gasteiger partial charge on any atom is -0.478 e. The molecular weight excluding hydrogens is 301 g/mol. The van der Waals surface area contributed by atoms with Gasteiger partial charge < -0.3 is 10.1 Å². The lowest BCUT2D eigenvalue weighted by Gasteiger charge is -2.15. The van der Waals surface area contributed by atoms with E-state index in [1.165, 1.54) is 29.1 Å². The molecule has 6 nitrogen and oxygen atoms in total. The van der Waals surface area contributed by atoms with Crippen molar-refractivity contribution in [3.05, 3.63) is 58.8 Å². The maximum absolute atomic E-state index is 13.4. The van der Waals surface area contributed by atoms with E-state index in [9.17, 15) is 14.0 Å². The molecule has 0 aliphatic carbocycles. The summed E-state index contributed by atoms with van der Waals surface area (Å²) < 4.78 is 20.1. The van der Waals surface area contributed by atoms with Crippen molar-refractivity contribution in [1.29, 1.82) is 0 Å². The molecule has 1 aromatic heterocycles. The molecule has 0 saturated carbocycles. The maximum Gasteiger partial charge on any atom is 0.266 e. The van der Waals surface area contributed by atoms with Crippen LogP contribution in [0.1, 0.15) is 13.3 Å². The van der Waals surface area contributed by atoms with Gasteiger partial charge in [0, 0.05) is 25.4 Å². The number of aryl methyl sites for hydroxylation is 1. The van der Waals surface area contributed by atoms with E-state index in [1.807, 2.05) is 0 Å². The molecule has 0 aliphatic rings. The van der Waals surface area contributed by atoms with Gasteiger partial charge in [0.1, 0.15) is 0 Å². The number of benzene rings is 1. The zero-order valence-corrected chi connectivity index (χ0v) is 12.7. The molecule has 0 aliphatic heterocycles. The van der Waals surface area contributed by atoms with E-state index in [4.69, 9.17) is 4.74 Å². The standard InChI is InChI=1S/C16H18FN3O3/c1-12(23-14-7-3-2-6-13(14)17)16(22)18-9-5-11-20-15(21)8-4-10-19-20/h2-4,6-8,10,12H,5,9,11H2,1H3,(H,18,22). The summed E-state index contributed by atoms with van der Waals surface area (Å²) in [7, 11) is 0. The van der Waals surface area contributed by atoms with Crippen LogP contribution in [0.2, 0.25) is 0 Å². The highest BCUT2D eigenvalue weighted by Gasteiger charge is 2.15. The number of rotatable bonds is 7. The Morgan fingerprint density at radius 2 is 2.13 bits per heavy atom. The number of nitrogens with zero attached hydrogens (tertiary/aromatic N) is 2. The molecule has 0 spiro atoms. The molecule has 0 bridgehead atoms. The van der Waals surface area contributed by atoms with Crippen molar-refractivity contribution in [2.45, 2.75) is 26.0 Å². The van der Waals surface area contributed by atoms with Crippen molar-refractivity contribution >= 4 is 5.91 Å². The largest absolute Gasteiger partial charge is 0.478 e. The Bertz CT molecular complexity index is 717. The van der Waals surface area contributed by atoms with Crippen molar-refractivity contribution in [1.82, 2.24) is 15.1 Å². The van der Waals surface area contributed by atoms with Gasteiger partial charge in [0.25, 0.3) is 11.5 Å². The normalized spacial score (nSPS) is 11.7. The number of carbonyl (C=O) groups is 1. The number of halogens is 1. The summed E-state index contributed by atoms with van der Waals surface area (Å²) in [6, 6.07) is 8.91. The second-order valence-corrected chi connectivity index (χ2v) is 4.92. The molecule has 0 fully saturated rings. The average Bonchev–Trinajstić information content (AvgIpc) is 2.55. The lowest BCUT2D eigenvalue weighted by molar-refractivity contribution is -0.127. The van der Waals surface area contributed by atoms with Gasteiger partial charge in [0.05, 0.1) is 0 Å². The number of aromatic nitrogens is 2. The van der Waals surface area contributed by atoms with Crippen LogP contribution >= 0.6 is 0 Å². The van der Waals surface area contributed by atoms with Gasteiger partial charge >= 0.3 is 0 Å².